The van der Waals surface area contributed by atoms with Crippen molar-refractivity contribution in [2.24, 2.45) is 0 Å². The summed E-state index contributed by atoms with van der Waals surface area (Å²) < 4.78 is 5.18. The molecular weight excluding hydrogens is 238 g/mol. The Morgan fingerprint density at radius 1 is 1.05 bits per heavy atom. The van der Waals surface area contributed by atoms with Crippen LogP contribution in [0.25, 0.3) is 11.1 Å². The van der Waals surface area contributed by atoms with Crippen molar-refractivity contribution in [1.82, 2.24) is 5.32 Å². The van der Waals surface area contributed by atoms with Crippen LogP contribution < -0.4 is 5.32 Å². The van der Waals surface area contributed by atoms with Gasteiger partial charge in [0.05, 0.1) is 0 Å². The number of hydrogen-bond acceptors (Lipinski definition) is 2. The fraction of sp³-hybridized carbons (Fsp3) is 0.188. The van der Waals surface area contributed by atoms with Crippen LogP contribution in [0.1, 0.15) is 12.5 Å². The van der Waals surface area contributed by atoms with Crippen LogP contribution >= 0.6 is 0 Å². The quantitative estimate of drug-likeness (QED) is 0.906. The zero-order valence-electron chi connectivity index (χ0n) is 10.9. The van der Waals surface area contributed by atoms with Gasteiger partial charge in [-0.05, 0) is 23.6 Å². The van der Waals surface area contributed by atoms with E-state index in [9.17, 15) is 4.79 Å². The monoisotopic (exact) mass is 255 g/mol. The maximum absolute atomic E-state index is 11.3. The molecule has 98 valence electrons. The molecular formula is C16H17NO2. The number of ether oxygens (including phenoxy) is 1. The van der Waals surface area contributed by atoms with E-state index in [-0.39, 0.29) is 12.7 Å². The Morgan fingerprint density at radius 2 is 1.74 bits per heavy atom. The molecule has 2 aromatic carbocycles. The molecule has 0 aliphatic heterocycles. The first kappa shape index (κ1) is 13.1. The summed E-state index contributed by atoms with van der Waals surface area (Å²) in [6, 6.07) is 18.0. The van der Waals surface area contributed by atoms with Gasteiger partial charge in [0.25, 0.3) is 0 Å². The summed E-state index contributed by atoms with van der Waals surface area (Å²) >= 11 is 0. The second-order valence-electron chi connectivity index (χ2n) is 4.13. The van der Waals surface area contributed by atoms with E-state index >= 15 is 0 Å². The average Bonchev–Trinajstić information content (AvgIpc) is 2.47. The summed E-state index contributed by atoms with van der Waals surface area (Å²) in [5.74, 6) is 0. The summed E-state index contributed by atoms with van der Waals surface area (Å²) in [5, 5.41) is 2.61. The Morgan fingerprint density at radius 3 is 2.47 bits per heavy atom. The van der Waals surface area contributed by atoms with Crippen molar-refractivity contribution < 1.29 is 9.53 Å². The number of benzene rings is 2. The Hall–Kier alpha value is -2.29. The summed E-state index contributed by atoms with van der Waals surface area (Å²) in [6.45, 7) is 2.70. The van der Waals surface area contributed by atoms with Gasteiger partial charge in [0, 0.05) is 6.54 Å². The lowest BCUT2D eigenvalue weighted by Gasteiger charge is -2.10. The Labute approximate surface area is 113 Å². The molecule has 0 saturated carbocycles. The number of carbonyl (C=O) groups excluding carboxylic acids is 1. The predicted molar refractivity (Wildman–Crippen MR) is 75.7 cm³/mol. The molecule has 0 bridgehead atoms. The first-order valence-electron chi connectivity index (χ1n) is 6.35. The molecule has 0 aliphatic carbocycles. The molecule has 0 spiro atoms. The first-order valence-corrected chi connectivity index (χ1v) is 6.35. The van der Waals surface area contributed by atoms with Gasteiger partial charge in [-0.3, -0.25) is 0 Å². The zero-order valence-corrected chi connectivity index (χ0v) is 10.9. The summed E-state index contributed by atoms with van der Waals surface area (Å²) in [7, 11) is 0. The molecule has 0 saturated heterocycles. The SMILES string of the molecule is CCNC(=O)OCc1ccccc1-c1ccccc1. The highest BCUT2D eigenvalue weighted by Crippen LogP contribution is 2.23. The van der Waals surface area contributed by atoms with Crippen molar-refractivity contribution in [2.45, 2.75) is 13.5 Å². The minimum atomic E-state index is -0.384. The van der Waals surface area contributed by atoms with Gasteiger partial charge in [0.1, 0.15) is 6.61 Å². The van der Waals surface area contributed by atoms with Crippen molar-refractivity contribution >= 4 is 6.09 Å². The van der Waals surface area contributed by atoms with E-state index in [1.807, 2.05) is 61.5 Å². The third-order valence-corrected chi connectivity index (χ3v) is 2.78. The van der Waals surface area contributed by atoms with Gasteiger partial charge in [0.15, 0.2) is 0 Å². The van der Waals surface area contributed by atoms with Crippen molar-refractivity contribution in [3.63, 3.8) is 0 Å². The molecule has 3 heteroatoms. The molecule has 0 aromatic heterocycles. The number of amides is 1. The molecule has 0 atom stereocenters. The largest absolute Gasteiger partial charge is 0.445 e. The maximum atomic E-state index is 11.3. The lowest BCUT2D eigenvalue weighted by molar-refractivity contribution is 0.140. The fourth-order valence-electron chi connectivity index (χ4n) is 1.88. The first-order chi connectivity index (χ1) is 9.31. The molecule has 0 radical (unpaired) electrons. The standard InChI is InChI=1S/C16H17NO2/c1-2-17-16(18)19-12-14-10-6-7-11-15(14)13-8-4-3-5-9-13/h3-11H,2,12H2,1H3,(H,17,18). The predicted octanol–water partition coefficient (Wildman–Crippen LogP) is 3.60. The molecule has 2 rings (SSSR count). The second kappa shape index (κ2) is 6.59. The number of carbonyl (C=O) groups is 1. The smallest absolute Gasteiger partial charge is 0.407 e. The highest BCUT2D eigenvalue weighted by Gasteiger charge is 2.06. The lowest BCUT2D eigenvalue weighted by atomic mass is 10.0. The zero-order chi connectivity index (χ0) is 13.5. The molecule has 3 nitrogen and oxygen atoms in total. The fourth-order valence-corrected chi connectivity index (χ4v) is 1.88. The number of hydrogen-bond donors (Lipinski definition) is 1. The van der Waals surface area contributed by atoms with Crippen molar-refractivity contribution in [2.75, 3.05) is 6.54 Å². The summed E-state index contributed by atoms with van der Waals surface area (Å²) in [4.78, 5) is 11.3. The molecule has 0 aliphatic rings. The van der Waals surface area contributed by atoms with E-state index < -0.39 is 0 Å². The highest BCUT2D eigenvalue weighted by molar-refractivity contribution is 5.69. The van der Waals surface area contributed by atoms with Crippen LogP contribution in [-0.4, -0.2) is 12.6 Å². The molecule has 0 unspecified atom stereocenters. The Balaban J connectivity index is 2.15. The van der Waals surface area contributed by atoms with Gasteiger partial charge in [0.2, 0.25) is 0 Å². The normalized spacial score (nSPS) is 9.95. The van der Waals surface area contributed by atoms with Gasteiger partial charge in [-0.25, -0.2) is 4.79 Å². The second-order valence-corrected chi connectivity index (χ2v) is 4.13. The van der Waals surface area contributed by atoms with Crippen LogP contribution in [-0.2, 0) is 11.3 Å². The minimum Gasteiger partial charge on any atom is -0.445 e. The van der Waals surface area contributed by atoms with E-state index in [2.05, 4.69) is 5.32 Å². The van der Waals surface area contributed by atoms with E-state index in [1.165, 1.54) is 0 Å². The topological polar surface area (TPSA) is 38.3 Å². The van der Waals surface area contributed by atoms with Crippen LogP contribution in [0.4, 0.5) is 4.79 Å². The molecule has 0 fully saturated rings. The number of nitrogens with one attached hydrogen (secondary N) is 1. The van der Waals surface area contributed by atoms with Crippen LogP contribution in [0, 0.1) is 0 Å². The maximum Gasteiger partial charge on any atom is 0.407 e. The average molecular weight is 255 g/mol. The molecule has 0 heterocycles. The molecule has 19 heavy (non-hydrogen) atoms. The Kier molecular flexibility index (Phi) is 4.56. The van der Waals surface area contributed by atoms with Crippen molar-refractivity contribution in [3.05, 3.63) is 60.2 Å². The van der Waals surface area contributed by atoms with Gasteiger partial charge in [-0.1, -0.05) is 54.6 Å². The van der Waals surface area contributed by atoms with Gasteiger partial charge >= 0.3 is 6.09 Å². The molecule has 2 aromatic rings. The van der Waals surface area contributed by atoms with Gasteiger partial charge in [-0.2, -0.15) is 0 Å². The summed E-state index contributed by atoms with van der Waals surface area (Å²) in [6.07, 6.45) is -0.384. The van der Waals surface area contributed by atoms with Crippen LogP contribution in [0.5, 0.6) is 0 Å². The molecule has 1 amide bonds. The van der Waals surface area contributed by atoms with Crippen LogP contribution in [0.2, 0.25) is 0 Å². The van der Waals surface area contributed by atoms with E-state index in [0.717, 1.165) is 16.7 Å². The van der Waals surface area contributed by atoms with Crippen LogP contribution in [0.15, 0.2) is 54.6 Å². The van der Waals surface area contributed by atoms with E-state index in [0.29, 0.717) is 6.54 Å². The summed E-state index contributed by atoms with van der Waals surface area (Å²) in [5.41, 5.74) is 3.21. The van der Waals surface area contributed by atoms with Crippen molar-refractivity contribution in [1.29, 1.82) is 0 Å². The molecule has 1 N–H and O–H groups in total. The highest BCUT2D eigenvalue weighted by atomic mass is 16.5. The van der Waals surface area contributed by atoms with Gasteiger partial charge in [-0.15, -0.1) is 0 Å². The number of rotatable bonds is 4. The Bertz CT molecular complexity index is 537. The third kappa shape index (κ3) is 3.58. The van der Waals surface area contributed by atoms with Gasteiger partial charge < -0.3 is 10.1 Å². The van der Waals surface area contributed by atoms with E-state index in [1.54, 1.807) is 0 Å². The minimum absolute atomic E-state index is 0.275. The van der Waals surface area contributed by atoms with Crippen LogP contribution in [0.3, 0.4) is 0 Å². The van der Waals surface area contributed by atoms with Crippen molar-refractivity contribution in [3.8, 4) is 11.1 Å². The van der Waals surface area contributed by atoms with E-state index in [4.69, 9.17) is 4.74 Å². The lowest BCUT2D eigenvalue weighted by Crippen LogP contribution is -2.23. The number of alkyl carbamates (subject to hydrolysis) is 1. The third-order valence-electron chi connectivity index (χ3n) is 2.78.